The summed E-state index contributed by atoms with van der Waals surface area (Å²) in [7, 11) is 0. The molecule has 1 aliphatic rings. The van der Waals surface area contributed by atoms with Gasteiger partial charge in [-0.25, -0.2) is 14.3 Å². The van der Waals surface area contributed by atoms with Gasteiger partial charge in [-0.15, -0.1) is 0 Å². The Morgan fingerprint density at radius 1 is 0.790 bits per heavy atom. The summed E-state index contributed by atoms with van der Waals surface area (Å²) >= 11 is 0. The quantitative estimate of drug-likeness (QED) is 0.0678. The Labute approximate surface area is 358 Å². The molecule has 15 heteroatoms. The van der Waals surface area contributed by atoms with Crippen LogP contribution in [0.4, 0.5) is 5.82 Å². The third-order valence-electron chi connectivity index (χ3n) is 10.9. The van der Waals surface area contributed by atoms with E-state index in [4.69, 9.17) is 10.8 Å². The van der Waals surface area contributed by atoms with Crippen LogP contribution in [0, 0.1) is 23.7 Å². The van der Waals surface area contributed by atoms with E-state index in [0.29, 0.717) is 83.9 Å². The first kappa shape index (κ1) is 41.0. The van der Waals surface area contributed by atoms with Gasteiger partial charge >= 0.3 is 0 Å². The normalized spacial score (nSPS) is 15.8. The summed E-state index contributed by atoms with van der Waals surface area (Å²) in [4.78, 5) is 30.8. The van der Waals surface area contributed by atoms with Gasteiger partial charge in [-0.3, -0.25) is 19.8 Å². The zero-order valence-electron chi connectivity index (χ0n) is 34.0. The Hall–Kier alpha value is -7.75. The SMILES string of the molecule is Nc1cccc(C#Cc2cc(C(=O)NCCCc3cn[nH]c3)ccc2-n2nccc2C2CCC(O)(C#Cc3cc(C(=O)NCCCc4cn[nH]c4)ccc3-n3cccn3)CC2)n1. The van der Waals surface area contributed by atoms with Crippen molar-refractivity contribution < 1.29 is 14.7 Å². The number of carbonyl (C=O) groups is 2. The van der Waals surface area contributed by atoms with Crippen LogP contribution in [0.15, 0.2) is 110 Å². The molecule has 2 aromatic carbocycles. The van der Waals surface area contributed by atoms with Crippen LogP contribution in [0.25, 0.3) is 11.4 Å². The number of hydrogen-bond donors (Lipinski definition) is 6. The molecule has 8 rings (SSSR count). The van der Waals surface area contributed by atoms with Gasteiger partial charge in [0.1, 0.15) is 17.1 Å². The molecule has 7 N–H and O–H groups in total. The molecule has 0 aliphatic heterocycles. The van der Waals surface area contributed by atoms with E-state index in [2.05, 4.69) is 64.8 Å². The first-order chi connectivity index (χ1) is 30.3. The maximum Gasteiger partial charge on any atom is 0.251 e. The summed E-state index contributed by atoms with van der Waals surface area (Å²) in [5.74, 6) is 12.8. The molecular weight excluding hydrogens is 781 g/mol. The summed E-state index contributed by atoms with van der Waals surface area (Å²) in [6.45, 7) is 1.02. The van der Waals surface area contributed by atoms with Crippen molar-refractivity contribution in [1.29, 1.82) is 0 Å². The number of aromatic amines is 2. The van der Waals surface area contributed by atoms with E-state index in [1.165, 1.54) is 0 Å². The summed E-state index contributed by atoms with van der Waals surface area (Å²) < 4.78 is 3.57. The van der Waals surface area contributed by atoms with Gasteiger partial charge in [0.05, 0.1) is 34.9 Å². The summed E-state index contributed by atoms with van der Waals surface area (Å²) in [5.41, 5.74) is 11.9. The number of nitrogens with two attached hydrogens (primary N) is 1. The number of nitrogen functional groups attached to an aromatic ring is 1. The second-order valence-electron chi connectivity index (χ2n) is 15.3. The van der Waals surface area contributed by atoms with Gasteiger partial charge < -0.3 is 21.5 Å². The average molecular weight is 827 g/mol. The van der Waals surface area contributed by atoms with Crippen molar-refractivity contribution in [2.75, 3.05) is 18.8 Å². The maximum atomic E-state index is 13.3. The highest BCUT2D eigenvalue weighted by Crippen LogP contribution is 2.39. The van der Waals surface area contributed by atoms with Crippen molar-refractivity contribution in [3.8, 4) is 35.1 Å². The lowest BCUT2D eigenvalue weighted by Crippen LogP contribution is -2.32. The lowest BCUT2D eigenvalue weighted by Gasteiger charge is -2.32. The number of hydrogen-bond acceptors (Lipinski definition) is 9. The maximum absolute atomic E-state index is 13.3. The fraction of sp³-hybridized carbons (Fsp3) is 0.255. The van der Waals surface area contributed by atoms with Crippen LogP contribution in [0.2, 0.25) is 0 Å². The highest BCUT2D eigenvalue weighted by Gasteiger charge is 2.34. The number of carbonyl (C=O) groups excluding carboxylic acids is 2. The lowest BCUT2D eigenvalue weighted by molar-refractivity contribution is 0.0542. The molecule has 1 fully saturated rings. The fourth-order valence-electron chi connectivity index (χ4n) is 7.55. The van der Waals surface area contributed by atoms with Gasteiger partial charge in [-0.1, -0.05) is 23.8 Å². The van der Waals surface area contributed by atoms with Crippen molar-refractivity contribution in [3.05, 3.63) is 155 Å². The first-order valence-electron chi connectivity index (χ1n) is 20.6. The van der Waals surface area contributed by atoms with Crippen LogP contribution >= 0.6 is 0 Å². The zero-order valence-corrected chi connectivity index (χ0v) is 34.0. The Morgan fingerprint density at radius 3 is 2.06 bits per heavy atom. The predicted molar refractivity (Wildman–Crippen MR) is 233 cm³/mol. The van der Waals surface area contributed by atoms with Crippen molar-refractivity contribution in [3.63, 3.8) is 0 Å². The summed E-state index contributed by atoms with van der Waals surface area (Å²) in [5, 5.41) is 40.5. The molecule has 0 saturated heterocycles. The standard InChI is InChI=1S/C47H46N12O3/c48-44-8-1-7-40(57-44)12-9-36-27-39(46(61)50-23-3-6-34-31-53-54-32-34)11-14-42(36)59-43(18-25-56-59)35-15-19-47(62,20-16-35)21-17-37-28-38(10-13-41(37)58-26-4-24-55-58)45(60)49-22-2-5-33-29-51-52-30-33/h1,4,7-8,10-11,13-14,18,24-32,35,62H,2-3,5-6,15-16,19-20,22-23H2,(H2,48,57)(H,49,60)(H,50,61)(H,51,52)(H,53,54). The third-order valence-corrected chi connectivity index (χ3v) is 10.9. The molecule has 0 unspecified atom stereocenters. The van der Waals surface area contributed by atoms with Crippen LogP contribution in [-0.4, -0.2) is 80.6 Å². The zero-order chi connectivity index (χ0) is 42.7. The van der Waals surface area contributed by atoms with Gasteiger partial charge in [0.15, 0.2) is 0 Å². The molecule has 62 heavy (non-hydrogen) atoms. The molecule has 1 aliphatic carbocycles. The van der Waals surface area contributed by atoms with Crippen LogP contribution in [0.1, 0.15) is 98.8 Å². The molecule has 0 radical (unpaired) electrons. The molecule has 15 nitrogen and oxygen atoms in total. The number of pyridine rings is 1. The molecule has 1 saturated carbocycles. The molecule has 2 amide bonds. The third kappa shape index (κ3) is 10.2. The van der Waals surface area contributed by atoms with Crippen molar-refractivity contribution >= 4 is 17.6 Å². The molecule has 0 bridgehead atoms. The minimum Gasteiger partial charge on any atom is -0.384 e. The van der Waals surface area contributed by atoms with Crippen LogP contribution in [-0.2, 0) is 12.8 Å². The fourth-order valence-corrected chi connectivity index (χ4v) is 7.55. The highest BCUT2D eigenvalue weighted by molar-refractivity contribution is 5.95. The highest BCUT2D eigenvalue weighted by atomic mass is 16.3. The smallest absolute Gasteiger partial charge is 0.251 e. The van der Waals surface area contributed by atoms with E-state index in [0.717, 1.165) is 42.5 Å². The van der Waals surface area contributed by atoms with Gasteiger partial charge in [-0.2, -0.15) is 20.4 Å². The van der Waals surface area contributed by atoms with Gasteiger partial charge in [0, 0.05) is 66.8 Å². The number of benzene rings is 2. The summed E-state index contributed by atoms with van der Waals surface area (Å²) in [6, 6.07) is 19.9. The Balaban J connectivity index is 0.980. The monoisotopic (exact) mass is 826 g/mol. The lowest BCUT2D eigenvalue weighted by atomic mass is 9.77. The van der Waals surface area contributed by atoms with E-state index in [1.807, 2.05) is 47.5 Å². The number of H-pyrrole nitrogens is 2. The number of nitrogens with zero attached hydrogens (tertiary/aromatic N) is 7. The largest absolute Gasteiger partial charge is 0.384 e. The number of rotatable bonds is 13. The Morgan fingerprint density at radius 2 is 1.45 bits per heavy atom. The molecule has 0 atom stereocenters. The van der Waals surface area contributed by atoms with Crippen molar-refractivity contribution in [2.24, 2.45) is 0 Å². The Bertz CT molecular complexity index is 2740. The summed E-state index contributed by atoms with van der Waals surface area (Å²) in [6.07, 6.45) is 17.8. The van der Waals surface area contributed by atoms with Crippen LogP contribution < -0.4 is 16.4 Å². The Kier molecular flexibility index (Phi) is 12.6. The van der Waals surface area contributed by atoms with E-state index < -0.39 is 5.60 Å². The second-order valence-corrected chi connectivity index (χ2v) is 15.3. The van der Waals surface area contributed by atoms with Crippen molar-refractivity contribution in [1.82, 2.24) is 55.6 Å². The van der Waals surface area contributed by atoms with E-state index in [1.54, 1.807) is 71.9 Å². The number of amides is 2. The average Bonchev–Trinajstić information content (AvgIpc) is 4.15. The molecule has 312 valence electrons. The predicted octanol–water partition coefficient (Wildman–Crippen LogP) is 5.05. The number of aryl methyl sites for hydroxylation is 2. The molecule has 5 aromatic heterocycles. The topological polar surface area (TPSA) is 210 Å². The molecule has 7 aromatic rings. The second kappa shape index (κ2) is 19.1. The van der Waals surface area contributed by atoms with Gasteiger partial charge in [-0.05, 0) is 129 Å². The van der Waals surface area contributed by atoms with E-state index in [9.17, 15) is 14.7 Å². The number of anilines is 1. The first-order valence-corrected chi connectivity index (χ1v) is 20.6. The van der Waals surface area contributed by atoms with Crippen molar-refractivity contribution in [2.45, 2.75) is 62.9 Å². The number of aliphatic hydroxyl groups is 1. The molecule has 0 spiro atoms. The number of nitrogens with one attached hydrogen (secondary N) is 4. The van der Waals surface area contributed by atoms with Gasteiger partial charge in [0.2, 0.25) is 0 Å². The van der Waals surface area contributed by atoms with Gasteiger partial charge in [0.25, 0.3) is 11.8 Å². The van der Waals surface area contributed by atoms with E-state index >= 15 is 0 Å². The van der Waals surface area contributed by atoms with Crippen LogP contribution in [0.3, 0.4) is 0 Å². The minimum atomic E-state index is -1.25. The molecular formula is C47H46N12O3. The van der Waals surface area contributed by atoms with E-state index in [-0.39, 0.29) is 17.7 Å². The van der Waals surface area contributed by atoms with Crippen LogP contribution in [0.5, 0.6) is 0 Å². The number of aromatic nitrogens is 9. The molecule has 5 heterocycles. The minimum absolute atomic E-state index is 0.0642.